The first-order valence-corrected chi connectivity index (χ1v) is 7.88. The Morgan fingerprint density at radius 1 is 1.32 bits per heavy atom. The molecule has 2 heterocycles. The minimum Gasteiger partial charge on any atom is -0.497 e. The Morgan fingerprint density at radius 2 is 2.23 bits per heavy atom. The van der Waals surface area contributed by atoms with Gasteiger partial charge in [0.15, 0.2) is 0 Å². The molecule has 2 aromatic heterocycles. The summed E-state index contributed by atoms with van der Waals surface area (Å²) < 4.78 is 5.18. The van der Waals surface area contributed by atoms with Gasteiger partial charge in [-0.25, -0.2) is 0 Å². The predicted octanol–water partition coefficient (Wildman–Crippen LogP) is 3.88. The molecule has 0 spiro atoms. The molecule has 0 bridgehead atoms. The van der Waals surface area contributed by atoms with Crippen molar-refractivity contribution in [2.75, 3.05) is 12.4 Å². The molecule has 22 heavy (non-hydrogen) atoms. The first-order valence-electron chi connectivity index (χ1n) is 7.00. The lowest BCUT2D eigenvalue weighted by Gasteiger charge is -2.07. The maximum absolute atomic E-state index is 12.0. The Balaban J connectivity index is 1.66. The number of fused-ring (bicyclic) bond motifs is 1. The normalized spacial score (nSPS) is 10.6. The van der Waals surface area contributed by atoms with Crippen LogP contribution in [-0.2, 0) is 11.2 Å². The lowest BCUT2D eigenvalue weighted by Crippen LogP contribution is -2.12. The van der Waals surface area contributed by atoms with Gasteiger partial charge in [0.1, 0.15) is 5.75 Å². The molecule has 5 heteroatoms. The van der Waals surface area contributed by atoms with E-state index in [9.17, 15) is 4.79 Å². The second-order valence-electron chi connectivity index (χ2n) is 4.91. The zero-order chi connectivity index (χ0) is 15.4. The highest BCUT2D eigenvalue weighted by Gasteiger charge is 2.05. The number of ether oxygens (including phenoxy) is 1. The molecule has 0 aliphatic rings. The van der Waals surface area contributed by atoms with Crippen molar-refractivity contribution in [3.8, 4) is 5.75 Å². The number of nitrogens with zero attached hydrogens (tertiary/aromatic N) is 1. The van der Waals surface area contributed by atoms with Crippen molar-refractivity contribution in [1.82, 2.24) is 4.98 Å². The van der Waals surface area contributed by atoms with Crippen LogP contribution < -0.4 is 10.1 Å². The molecule has 0 atom stereocenters. The van der Waals surface area contributed by atoms with Crippen molar-refractivity contribution in [2.24, 2.45) is 0 Å². The molecule has 0 fully saturated rings. The van der Waals surface area contributed by atoms with Crippen LogP contribution in [0.5, 0.6) is 5.75 Å². The third kappa shape index (κ3) is 3.43. The lowest BCUT2D eigenvalue weighted by molar-refractivity contribution is -0.116. The van der Waals surface area contributed by atoms with Gasteiger partial charge in [0, 0.05) is 22.8 Å². The van der Waals surface area contributed by atoms with Gasteiger partial charge in [-0.15, -0.1) is 11.3 Å². The largest absolute Gasteiger partial charge is 0.497 e. The SMILES string of the molecule is COc1ccc2cc(NC(=O)CCc3cccs3)cnc2c1. The number of pyridine rings is 1. The maximum atomic E-state index is 12.0. The van der Waals surface area contributed by atoms with E-state index in [1.54, 1.807) is 24.6 Å². The highest BCUT2D eigenvalue weighted by atomic mass is 32.1. The monoisotopic (exact) mass is 312 g/mol. The minimum absolute atomic E-state index is 0.00283. The fourth-order valence-corrected chi connectivity index (χ4v) is 2.92. The van der Waals surface area contributed by atoms with Crippen LogP contribution in [0.1, 0.15) is 11.3 Å². The van der Waals surface area contributed by atoms with Crippen molar-refractivity contribution in [3.05, 3.63) is 52.9 Å². The molecular formula is C17H16N2O2S. The average molecular weight is 312 g/mol. The number of methoxy groups -OCH3 is 1. The second kappa shape index (κ2) is 6.58. The molecule has 0 saturated carbocycles. The van der Waals surface area contributed by atoms with E-state index in [0.717, 1.165) is 23.1 Å². The summed E-state index contributed by atoms with van der Waals surface area (Å²) in [7, 11) is 1.63. The highest BCUT2D eigenvalue weighted by molar-refractivity contribution is 7.09. The molecule has 3 aromatic rings. The van der Waals surface area contributed by atoms with E-state index in [4.69, 9.17) is 4.74 Å². The number of rotatable bonds is 5. The van der Waals surface area contributed by atoms with Gasteiger partial charge in [0.2, 0.25) is 5.91 Å². The number of thiophene rings is 1. The fraction of sp³-hybridized carbons (Fsp3) is 0.176. The Morgan fingerprint density at radius 3 is 3.00 bits per heavy atom. The maximum Gasteiger partial charge on any atom is 0.224 e. The van der Waals surface area contributed by atoms with Gasteiger partial charge in [0.25, 0.3) is 0 Å². The van der Waals surface area contributed by atoms with Crippen LogP contribution in [0.25, 0.3) is 10.9 Å². The number of hydrogen-bond acceptors (Lipinski definition) is 4. The molecule has 0 saturated heterocycles. The van der Waals surface area contributed by atoms with E-state index in [1.165, 1.54) is 4.88 Å². The Hall–Kier alpha value is -2.40. The molecule has 1 N–H and O–H groups in total. The van der Waals surface area contributed by atoms with Gasteiger partial charge in [-0.3, -0.25) is 9.78 Å². The molecule has 1 aromatic carbocycles. The predicted molar refractivity (Wildman–Crippen MR) is 89.6 cm³/mol. The number of carbonyl (C=O) groups excluding carboxylic acids is 1. The van der Waals surface area contributed by atoms with Crippen molar-refractivity contribution in [2.45, 2.75) is 12.8 Å². The summed E-state index contributed by atoms with van der Waals surface area (Å²) in [5, 5.41) is 5.89. The van der Waals surface area contributed by atoms with E-state index in [1.807, 2.05) is 41.8 Å². The summed E-state index contributed by atoms with van der Waals surface area (Å²) in [4.78, 5) is 17.6. The van der Waals surface area contributed by atoms with Gasteiger partial charge in [-0.05, 0) is 36.1 Å². The average Bonchev–Trinajstić information content (AvgIpc) is 3.06. The molecule has 4 nitrogen and oxygen atoms in total. The number of benzene rings is 1. The zero-order valence-corrected chi connectivity index (χ0v) is 13.0. The quantitative estimate of drug-likeness (QED) is 0.778. The first-order chi connectivity index (χ1) is 10.7. The summed E-state index contributed by atoms with van der Waals surface area (Å²) in [6, 6.07) is 11.7. The molecule has 0 unspecified atom stereocenters. The topological polar surface area (TPSA) is 51.2 Å². The van der Waals surface area contributed by atoms with Crippen molar-refractivity contribution in [3.63, 3.8) is 0 Å². The minimum atomic E-state index is 0.00283. The number of hydrogen-bond donors (Lipinski definition) is 1. The van der Waals surface area contributed by atoms with Crippen molar-refractivity contribution >= 4 is 33.8 Å². The van der Waals surface area contributed by atoms with E-state index >= 15 is 0 Å². The molecule has 112 valence electrons. The standard InChI is InChI=1S/C17H16N2O2S/c1-21-14-5-4-12-9-13(11-18-16(12)10-14)19-17(20)7-6-15-3-2-8-22-15/h2-5,8-11H,6-7H2,1H3,(H,19,20). The van der Waals surface area contributed by atoms with Crippen molar-refractivity contribution < 1.29 is 9.53 Å². The van der Waals surface area contributed by atoms with Crippen LogP contribution in [0.15, 0.2) is 48.0 Å². The zero-order valence-electron chi connectivity index (χ0n) is 12.2. The number of aromatic nitrogens is 1. The summed E-state index contributed by atoms with van der Waals surface area (Å²) in [5.41, 5.74) is 1.56. The van der Waals surface area contributed by atoms with Crippen LogP contribution >= 0.6 is 11.3 Å². The van der Waals surface area contributed by atoms with E-state index in [-0.39, 0.29) is 5.91 Å². The summed E-state index contributed by atoms with van der Waals surface area (Å²) >= 11 is 1.67. The van der Waals surface area contributed by atoms with Crippen LogP contribution in [0, 0.1) is 0 Å². The van der Waals surface area contributed by atoms with Gasteiger partial charge in [-0.2, -0.15) is 0 Å². The Bertz CT molecular complexity index is 784. The van der Waals surface area contributed by atoms with E-state index < -0.39 is 0 Å². The molecule has 1 amide bonds. The van der Waals surface area contributed by atoms with Gasteiger partial charge < -0.3 is 10.1 Å². The molecule has 0 aliphatic heterocycles. The number of aryl methyl sites for hydroxylation is 1. The number of anilines is 1. The summed E-state index contributed by atoms with van der Waals surface area (Å²) in [6.07, 6.45) is 2.91. The van der Waals surface area contributed by atoms with Crippen LogP contribution in [-0.4, -0.2) is 18.0 Å². The fourth-order valence-electron chi connectivity index (χ4n) is 2.21. The third-order valence-corrected chi connectivity index (χ3v) is 4.29. The Kier molecular flexibility index (Phi) is 4.34. The van der Waals surface area contributed by atoms with Gasteiger partial charge in [0.05, 0.1) is 24.5 Å². The number of carbonyl (C=O) groups is 1. The van der Waals surface area contributed by atoms with Crippen LogP contribution in [0.3, 0.4) is 0 Å². The molecule has 3 rings (SSSR count). The van der Waals surface area contributed by atoms with E-state index in [2.05, 4.69) is 10.3 Å². The van der Waals surface area contributed by atoms with E-state index in [0.29, 0.717) is 12.1 Å². The third-order valence-electron chi connectivity index (χ3n) is 3.35. The van der Waals surface area contributed by atoms with Crippen LogP contribution in [0.2, 0.25) is 0 Å². The molecule has 0 aliphatic carbocycles. The number of amides is 1. The van der Waals surface area contributed by atoms with Gasteiger partial charge >= 0.3 is 0 Å². The first kappa shape index (κ1) is 14.5. The molecule has 0 radical (unpaired) electrons. The smallest absolute Gasteiger partial charge is 0.224 e. The van der Waals surface area contributed by atoms with Gasteiger partial charge in [-0.1, -0.05) is 6.07 Å². The molecular weight excluding hydrogens is 296 g/mol. The highest BCUT2D eigenvalue weighted by Crippen LogP contribution is 2.21. The Labute approximate surface area is 132 Å². The second-order valence-corrected chi connectivity index (χ2v) is 5.94. The van der Waals surface area contributed by atoms with Crippen LogP contribution in [0.4, 0.5) is 5.69 Å². The summed E-state index contributed by atoms with van der Waals surface area (Å²) in [6.45, 7) is 0. The summed E-state index contributed by atoms with van der Waals surface area (Å²) in [5.74, 6) is 0.774. The lowest BCUT2D eigenvalue weighted by atomic mass is 10.2. The van der Waals surface area contributed by atoms with Crippen molar-refractivity contribution in [1.29, 1.82) is 0 Å². The number of nitrogens with one attached hydrogen (secondary N) is 1.